The lowest BCUT2D eigenvalue weighted by Gasteiger charge is -2.35. The van der Waals surface area contributed by atoms with E-state index < -0.39 is 0 Å². The summed E-state index contributed by atoms with van der Waals surface area (Å²) in [6, 6.07) is 6.77. The molecule has 1 aromatic rings. The number of amides is 1. The Hall–Kier alpha value is -1.14. The van der Waals surface area contributed by atoms with Crippen molar-refractivity contribution in [3.8, 4) is 0 Å². The molecule has 1 unspecified atom stereocenters. The third-order valence-electron chi connectivity index (χ3n) is 4.53. The molecule has 2 aliphatic rings. The molecular formula is C17H22Cl2N2O3. The maximum absolute atomic E-state index is 12.5. The van der Waals surface area contributed by atoms with Crippen molar-refractivity contribution >= 4 is 35.7 Å². The molecule has 0 aromatic heterocycles. The molecule has 1 amide bonds. The van der Waals surface area contributed by atoms with Crippen LogP contribution < -0.4 is 5.32 Å². The van der Waals surface area contributed by atoms with Crippen molar-refractivity contribution in [2.24, 2.45) is 5.92 Å². The highest BCUT2D eigenvalue weighted by Gasteiger charge is 2.31. The molecule has 0 aliphatic carbocycles. The zero-order chi connectivity index (χ0) is 16.2. The van der Waals surface area contributed by atoms with Crippen LogP contribution >= 0.6 is 24.0 Å². The summed E-state index contributed by atoms with van der Waals surface area (Å²) in [4.78, 5) is 26.8. The van der Waals surface area contributed by atoms with Crippen molar-refractivity contribution in [1.29, 1.82) is 0 Å². The lowest BCUT2D eigenvalue weighted by atomic mass is 9.88. The van der Waals surface area contributed by atoms with E-state index in [9.17, 15) is 9.59 Å². The zero-order valence-electron chi connectivity index (χ0n) is 13.4. The number of nitrogens with one attached hydrogen (secondary N) is 1. The zero-order valence-corrected chi connectivity index (χ0v) is 14.9. The maximum atomic E-state index is 12.5. The van der Waals surface area contributed by atoms with Crippen LogP contribution in [0.1, 0.15) is 23.2 Å². The van der Waals surface area contributed by atoms with Gasteiger partial charge in [-0.25, -0.2) is 0 Å². The molecular weight excluding hydrogens is 351 g/mol. The molecule has 0 saturated carbocycles. The van der Waals surface area contributed by atoms with Gasteiger partial charge in [0.2, 0.25) is 5.91 Å². The molecule has 24 heavy (non-hydrogen) atoms. The smallest absolute Gasteiger partial charge is 0.242 e. The van der Waals surface area contributed by atoms with Crippen molar-refractivity contribution in [1.82, 2.24) is 10.2 Å². The molecule has 2 saturated heterocycles. The molecule has 1 aromatic carbocycles. The first-order valence-electron chi connectivity index (χ1n) is 8.05. The van der Waals surface area contributed by atoms with Crippen LogP contribution in [-0.2, 0) is 9.53 Å². The maximum Gasteiger partial charge on any atom is 0.242 e. The highest BCUT2D eigenvalue weighted by atomic mass is 35.5. The van der Waals surface area contributed by atoms with Gasteiger partial charge in [0.1, 0.15) is 6.04 Å². The Morgan fingerprint density at radius 1 is 1.17 bits per heavy atom. The molecule has 5 nitrogen and oxygen atoms in total. The number of hydrogen-bond donors (Lipinski definition) is 1. The SMILES string of the molecule is Cl.O=C(c1ccc(Cl)cc1)C1CCN(C(=O)C2COCCN2)CC1. The second-order valence-electron chi connectivity index (χ2n) is 6.05. The minimum atomic E-state index is -0.243. The molecule has 0 bridgehead atoms. The quantitative estimate of drug-likeness (QED) is 0.826. The van der Waals surface area contributed by atoms with Gasteiger partial charge in [0, 0.05) is 36.1 Å². The van der Waals surface area contributed by atoms with Crippen molar-refractivity contribution in [2.45, 2.75) is 18.9 Å². The fraction of sp³-hybridized carbons (Fsp3) is 0.529. The summed E-state index contributed by atoms with van der Waals surface area (Å²) in [7, 11) is 0. The number of morpholine rings is 1. The van der Waals surface area contributed by atoms with Crippen LogP contribution in [0.5, 0.6) is 0 Å². The number of carbonyl (C=O) groups excluding carboxylic acids is 2. The minimum absolute atomic E-state index is 0. The van der Waals surface area contributed by atoms with E-state index in [-0.39, 0.29) is 36.1 Å². The van der Waals surface area contributed by atoms with E-state index in [1.807, 2.05) is 4.90 Å². The van der Waals surface area contributed by atoms with Crippen molar-refractivity contribution in [2.75, 3.05) is 32.8 Å². The summed E-state index contributed by atoms with van der Waals surface area (Å²) in [5.74, 6) is 0.214. The van der Waals surface area contributed by atoms with Crippen molar-refractivity contribution < 1.29 is 14.3 Å². The van der Waals surface area contributed by atoms with Gasteiger partial charge in [-0.05, 0) is 37.1 Å². The summed E-state index contributed by atoms with van der Waals surface area (Å²) in [5, 5.41) is 3.81. The van der Waals surface area contributed by atoms with Crippen molar-refractivity contribution in [3.05, 3.63) is 34.9 Å². The van der Waals surface area contributed by atoms with Crippen LogP contribution in [0.15, 0.2) is 24.3 Å². The second-order valence-corrected chi connectivity index (χ2v) is 6.49. The number of ketones is 1. The van der Waals surface area contributed by atoms with Gasteiger partial charge in [0.05, 0.1) is 13.2 Å². The number of carbonyl (C=O) groups is 2. The summed E-state index contributed by atoms with van der Waals surface area (Å²) in [6.45, 7) is 3.05. The first-order valence-corrected chi connectivity index (χ1v) is 8.42. The van der Waals surface area contributed by atoms with E-state index in [1.165, 1.54) is 0 Å². The van der Waals surface area contributed by atoms with Crippen molar-refractivity contribution in [3.63, 3.8) is 0 Å². The lowest BCUT2D eigenvalue weighted by Crippen LogP contribution is -2.54. The number of Topliss-reactive ketones (excluding diaryl/α,β-unsaturated/α-hetero) is 1. The van der Waals surface area contributed by atoms with Gasteiger partial charge in [-0.15, -0.1) is 12.4 Å². The average molecular weight is 373 g/mol. The molecule has 2 fully saturated rings. The number of piperidine rings is 1. The largest absolute Gasteiger partial charge is 0.378 e. The summed E-state index contributed by atoms with van der Waals surface area (Å²) in [6.07, 6.45) is 1.42. The number of nitrogens with zero attached hydrogens (tertiary/aromatic N) is 1. The topological polar surface area (TPSA) is 58.6 Å². The Labute approximate surface area is 153 Å². The van der Waals surface area contributed by atoms with E-state index >= 15 is 0 Å². The van der Waals surface area contributed by atoms with Crippen LogP contribution in [0.25, 0.3) is 0 Å². The predicted molar refractivity (Wildman–Crippen MR) is 94.9 cm³/mol. The minimum Gasteiger partial charge on any atom is -0.378 e. The number of halogens is 2. The Balaban J connectivity index is 0.00000208. The number of hydrogen-bond acceptors (Lipinski definition) is 4. The Morgan fingerprint density at radius 3 is 2.42 bits per heavy atom. The van der Waals surface area contributed by atoms with Crippen LogP contribution in [-0.4, -0.2) is 55.5 Å². The number of rotatable bonds is 3. The number of likely N-dealkylation sites (tertiary alicyclic amines) is 1. The Kier molecular flexibility index (Phi) is 7.04. The van der Waals surface area contributed by atoms with Gasteiger partial charge in [-0.3, -0.25) is 9.59 Å². The standard InChI is InChI=1S/C17H21ClN2O3.ClH/c18-14-3-1-12(2-4-14)16(21)13-5-8-20(9-6-13)17(22)15-11-23-10-7-19-15;/h1-4,13,15,19H,5-11H2;1H. The van der Waals surface area contributed by atoms with E-state index in [2.05, 4.69) is 5.32 Å². The monoisotopic (exact) mass is 372 g/mol. The molecule has 0 radical (unpaired) electrons. The molecule has 2 aliphatic heterocycles. The molecule has 1 N–H and O–H groups in total. The average Bonchev–Trinajstić information content (AvgIpc) is 2.62. The van der Waals surface area contributed by atoms with Crippen LogP contribution in [0, 0.1) is 5.92 Å². The van der Waals surface area contributed by atoms with E-state index in [1.54, 1.807) is 24.3 Å². The molecule has 1 atom stereocenters. The van der Waals surface area contributed by atoms with Gasteiger partial charge in [0.15, 0.2) is 5.78 Å². The lowest BCUT2D eigenvalue weighted by molar-refractivity contribution is -0.137. The van der Waals surface area contributed by atoms with Gasteiger partial charge < -0.3 is 15.0 Å². The fourth-order valence-corrected chi connectivity index (χ4v) is 3.28. The third-order valence-corrected chi connectivity index (χ3v) is 4.78. The number of ether oxygens (including phenoxy) is 1. The fourth-order valence-electron chi connectivity index (χ4n) is 3.16. The summed E-state index contributed by atoms with van der Waals surface area (Å²) in [5.41, 5.74) is 0.696. The summed E-state index contributed by atoms with van der Waals surface area (Å²) >= 11 is 5.86. The Morgan fingerprint density at radius 2 is 1.83 bits per heavy atom. The van der Waals surface area contributed by atoms with Gasteiger partial charge in [0.25, 0.3) is 0 Å². The normalized spacial score (nSPS) is 21.9. The molecule has 2 heterocycles. The van der Waals surface area contributed by atoms with E-state index in [0.29, 0.717) is 56.3 Å². The highest BCUT2D eigenvalue weighted by Crippen LogP contribution is 2.23. The van der Waals surface area contributed by atoms with E-state index in [0.717, 1.165) is 0 Å². The van der Waals surface area contributed by atoms with Gasteiger partial charge in [-0.1, -0.05) is 11.6 Å². The Bertz CT molecular complexity index is 566. The van der Waals surface area contributed by atoms with Crippen LogP contribution in [0.4, 0.5) is 0 Å². The molecule has 7 heteroatoms. The van der Waals surface area contributed by atoms with Gasteiger partial charge >= 0.3 is 0 Å². The molecule has 3 rings (SSSR count). The number of benzene rings is 1. The first kappa shape index (κ1) is 19.2. The van der Waals surface area contributed by atoms with Crippen LogP contribution in [0.3, 0.4) is 0 Å². The third kappa shape index (κ3) is 4.48. The van der Waals surface area contributed by atoms with Crippen LogP contribution in [0.2, 0.25) is 5.02 Å². The predicted octanol–water partition coefficient (Wildman–Crippen LogP) is 2.17. The second kappa shape index (κ2) is 8.81. The molecule has 0 spiro atoms. The molecule has 132 valence electrons. The van der Waals surface area contributed by atoms with Gasteiger partial charge in [-0.2, -0.15) is 0 Å². The first-order chi connectivity index (χ1) is 11.1. The highest BCUT2D eigenvalue weighted by molar-refractivity contribution is 6.30. The van der Waals surface area contributed by atoms with E-state index in [4.69, 9.17) is 16.3 Å². The summed E-state index contributed by atoms with van der Waals surface area (Å²) < 4.78 is 5.35.